The fraction of sp³-hybridized carbons (Fsp3) is 0.333. The van der Waals surface area contributed by atoms with Crippen molar-refractivity contribution in [1.82, 2.24) is 10.2 Å². The quantitative estimate of drug-likeness (QED) is 0.841. The second kappa shape index (κ2) is 9.15. The van der Waals surface area contributed by atoms with E-state index in [1.54, 1.807) is 12.1 Å². The van der Waals surface area contributed by atoms with Gasteiger partial charge in [0.1, 0.15) is 0 Å². The summed E-state index contributed by atoms with van der Waals surface area (Å²) in [5.41, 5.74) is 2.41. The monoisotopic (exact) mass is 351 g/mol. The zero-order valence-electron chi connectivity index (χ0n) is 14.9. The van der Waals surface area contributed by atoms with Gasteiger partial charge in [-0.1, -0.05) is 36.4 Å². The number of benzene rings is 2. The smallest absolute Gasteiger partial charge is 0.253 e. The Morgan fingerprint density at radius 1 is 0.923 bits per heavy atom. The van der Waals surface area contributed by atoms with Gasteiger partial charge in [0.05, 0.1) is 6.54 Å². The molecule has 1 saturated heterocycles. The summed E-state index contributed by atoms with van der Waals surface area (Å²) in [7, 11) is 0. The fourth-order valence-electron chi connectivity index (χ4n) is 3.13. The first-order chi connectivity index (χ1) is 12.7. The average Bonchev–Trinajstić information content (AvgIpc) is 2.69. The summed E-state index contributed by atoms with van der Waals surface area (Å²) >= 11 is 0. The molecule has 136 valence electrons. The van der Waals surface area contributed by atoms with Crippen LogP contribution < -0.4 is 10.6 Å². The molecule has 2 N–H and O–H groups in total. The summed E-state index contributed by atoms with van der Waals surface area (Å²) in [6.45, 7) is 2.50. The van der Waals surface area contributed by atoms with Crippen molar-refractivity contribution in [2.45, 2.75) is 25.8 Å². The Labute approximate surface area is 154 Å². The number of hydrogen-bond acceptors (Lipinski definition) is 3. The zero-order chi connectivity index (χ0) is 18.2. The van der Waals surface area contributed by atoms with E-state index in [2.05, 4.69) is 10.6 Å². The van der Waals surface area contributed by atoms with Crippen molar-refractivity contribution >= 4 is 17.5 Å². The van der Waals surface area contributed by atoms with Gasteiger partial charge in [0.25, 0.3) is 5.91 Å². The van der Waals surface area contributed by atoms with Gasteiger partial charge in [-0.25, -0.2) is 0 Å². The molecule has 2 amide bonds. The van der Waals surface area contributed by atoms with Gasteiger partial charge in [0.15, 0.2) is 0 Å². The van der Waals surface area contributed by atoms with E-state index in [1.807, 2.05) is 47.4 Å². The molecule has 1 fully saturated rings. The number of likely N-dealkylation sites (tertiary alicyclic amines) is 1. The summed E-state index contributed by atoms with van der Waals surface area (Å²) in [6.07, 6.45) is 3.32. The van der Waals surface area contributed by atoms with Crippen LogP contribution in [-0.4, -0.2) is 36.3 Å². The number of piperidine rings is 1. The van der Waals surface area contributed by atoms with Gasteiger partial charge in [-0.15, -0.1) is 0 Å². The molecule has 0 unspecified atom stereocenters. The number of carbonyl (C=O) groups excluding carboxylic acids is 2. The lowest BCUT2D eigenvalue weighted by Gasteiger charge is -2.26. The highest BCUT2D eigenvalue weighted by atomic mass is 16.2. The lowest BCUT2D eigenvalue weighted by Crippen LogP contribution is -2.35. The van der Waals surface area contributed by atoms with Crippen LogP contribution in [0.5, 0.6) is 0 Å². The molecule has 0 saturated carbocycles. The number of hydrogen-bond donors (Lipinski definition) is 2. The minimum atomic E-state index is -0.122. The third-order valence-electron chi connectivity index (χ3n) is 4.49. The summed E-state index contributed by atoms with van der Waals surface area (Å²) < 4.78 is 0. The Kier molecular flexibility index (Phi) is 6.39. The second-order valence-electron chi connectivity index (χ2n) is 6.57. The SMILES string of the molecule is O=C(CNCc1ccccc1)Nc1cccc(C(=O)N2CCCCC2)c1. The summed E-state index contributed by atoms with van der Waals surface area (Å²) in [6, 6.07) is 17.1. The number of carbonyl (C=O) groups is 2. The average molecular weight is 351 g/mol. The van der Waals surface area contributed by atoms with Gasteiger partial charge in [0, 0.05) is 30.9 Å². The molecule has 0 aromatic heterocycles. The third-order valence-corrected chi connectivity index (χ3v) is 4.49. The summed E-state index contributed by atoms with van der Waals surface area (Å²) in [5, 5.41) is 5.98. The van der Waals surface area contributed by atoms with E-state index in [-0.39, 0.29) is 18.4 Å². The van der Waals surface area contributed by atoms with Crippen LogP contribution in [0.4, 0.5) is 5.69 Å². The predicted molar refractivity (Wildman–Crippen MR) is 103 cm³/mol. The van der Waals surface area contributed by atoms with Gasteiger partial charge in [-0.05, 0) is 43.0 Å². The molecule has 2 aromatic carbocycles. The van der Waals surface area contributed by atoms with Gasteiger partial charge >= 0.3 is 0 Å². The number of amides is 2. The van der Waals surface area contributed by atoms with Gasteiger partial charge in [-0.3, -0.25) is 9.59 Å². The normalized spacial score (nSPS) is 14.1. The van der Waals surface area contributed by atoms with Gasteiger partial charge in [0.2, 0.25) is 5.91 Å². The lowest BCUT2D eigenvalue weighted by atomic mass is 10.1. The van der Waals surface area contributed by atoms with Crippen LogP contribution in [0.25, 0.3) is 0 Å². The molecule has 5 nitrogen and oxygen atoms in total. The number of nitrogens with one attached hydrogen (secondary N) is 2. The fourth-order valence-corrected chi connectivity index (χ4v) is 3.13. The second-order valence-corrected chi connectivity index (χ2v) is 6.57. The van der Waals surface area contributed by atoms with Crippen LogP contribution in [0.2, 0.25) is 0 Å². The summed E-state index contributed by atoms with van der Waals surface area (Å²) in [5.74, 6) is -0.0773. The van der Waals surface area contributed by atoms with E-state index >= 15 is 0 Å². The van der Waals surface area contributed by atoms with Crippen molar-refractivity contribution in [3.05, 3.63) is 65.7 Å². The van der Waals surface area contributed by atoms with Crippen LogP contribution in [0, 0.1) is 0 Å². The van der Waals surface area contributed by atoms with Crippen molar-refractivity contribution in [3.8, 4) is 0 Å². The largest absolute Gasteiger partial charge is 0.339 e. The molecule has 1 aliphatic heterocycles. The minimum Gasteiger partial charge on any atom is -0.339 e. The molecular formula is C21H25N3O2. The zero-order valence-corrected chi connectivity index (χ0v) is 14.9. The Morgan fingerprint density at radius 3 is 2.46 bits per heavy atom. The molecule has 5 heteroatoms. The van der Waals surface area contributed by atoms with E-state index in [0.29, 0.717) is 17.8 Å². The van der Waals surface area contributed by atoms with Crippen molar-refractivity contribution in [1.29, 1.82) is 0 Å². The van der Waals surface area contributed by atoms with E-state index in [0.717, 1.165) is 31.5 Å². The Morgan fingerprint density at radius 2 is 1.69 bits per heavy atom. The maximum atomic E-state index is 12.6. The van der Waals surface area contributed by atoms with Crippen molar-refractivity contribution in [2.75, 3.05) is 25.0 Å². The Hall–Kier alpha value is -2.66. The van der Waals surface area contributed by atoms with Crippen molar-refractivity contribution in [2.24, 2.45) is 0 Å². The van der Waals surface area contributed by atoms with E-state index in [4.69, 9.17) is 0 Å². The maximum absolute atomic E-state index is 12.6. The Balaban J connectivity index is 1.51. The third kappa shape index (κ3) is 5.17. The first-order valence-electron chi connectivity index (χ1n) is 9.16. The molecule has 0 aliphatic carbocycles. The Bertz CT molecular complexity index is 740. The highest BCUT2D eigenvalue weighted by molar-refractivity contribution is 5.97. The number of anilines is 1. The maximum Gasteiger partial charge on any atom is 0.253 e. The highest BCUT2D eigenvalue weighted by Gasteiger charge is 2.18. The predicted octanol–water partition coefficient (Wildman–Crippen LogP) is 3.04. The van der Waals surface area contributed by atoms with Crippen LogP contribution in [0.3, 0.4) is 0 Å². The summed E-state index contributed by atoms with van der Waals surface area (Å²) in [4.78, 5) is 26.6. The first kappa shape index (κ1) is 18.1. The molecule has 1 aliphatic rings. The molecule has 0 radical (unpaired) electrons. The van der Waals surface area contributed by atoms with Crippen molar-refractivity contribution < 1.29 is 9.59 Å². The topological polar surface area (TPSA) is 61.4 Å². The lowest BCUT2D eigenvalue weighted by molar-refractivity contribution is -0.115. The van der Waals surface area contributed by atoms with Crippen LogP contribution in [-0.2, 0) is 11.3 Å². The standard InChI is InChI=1S/C21H25N3O2/c25-20(16-22-15-17-8-3-1-4-9-17)23-19-11-7-10-18(14-19)21(26)24-12-5-2-6-13-24/h1,3-4,7-11,14,22H,2,5-6,12-13,15-16H2,(H,23,25). The number of nitrogens with zero attached hydrogens (tertiary/aromatic N) is 1. The van der Waals surface area contributed by atoms with Crippen LogP contribution >= 0.6 is 0 Å². The number of rotatable bonds is 6. The highest BCUT2D eigenvalue weighted by Crippen LogP contribution is 2.16. The molecular weight excluding hydrogens is 326 g/mol. The molecule has 1 heterocycles. The first-order valence-corrected chi connectivity index (χ1v) is 9.16. The van der Waals surface area contributed by atoms with Crippen molar-refractivity contribution in [3.63, 3.8) is 0 Å². The molecule has 0 bridgehead atoms. The van der Waals surface area contributed by atoms with Crippen LogP contribution in [0.1, 0.15) is 35.2 Å². The molecule has 3 rings (SSSR count). The van der Waals surface area contributed by atoms with E-state index in [1.165, 1.54) is 6.42 Å². The molecule has 0 atom stereocenters. The van der Waals surface area contributed by atoms with E-state index < -0.39 is 0 Å². The molecule has 2 aromatic rings. The molecule has 0 spiro atoms. The molecule has 26 heavy (non-hydrogen) atoms. The van der Waals surface area contributed by atoms with Crippen LogP contribution in [0.15, 0.2) is 54.6 Å². The minimum absolute atomic E-state index is 0.0444. The van der Waals surface area contributed by atoms with E-state index in [9.17, 15) is 9.59 Å². The van der Waals surface area contributed by atoms with Gasteiger partial charge in [-0.2, -0.15) is 0 Å². The van der Waals surface area contributed by atoms with Gasteiger partial charge < -0.3 is 15.5 Å².